The number of carbonyl (C=O) groups excluding carboxylic acids is 1. The van der Waals surface area contributed by atoms with Crippen LogP contribution in [0.5, 0.6) is 0 Å². The van der Waals surface area contributed by atoms with E-state index in [2.05, 4.69) is 11.5 Å². The van der Waals surface area contributed by atoms with E-state index in [0.29, 0.717) is 0 Å². The second-order valence-electron chi connectivity index (χ2n) is 3.08. The zero-order chi connectivity index (χ0) is 8.81. The van der Waals surface area contributed by atoms with Crippen LogP contribution in [-0.4, -0.2) is 48.9 Å². The largest absolute Gasteiger partial charge is 0.344 e. The van der Waals surface area contributed by atoms with Gasteiger partial charge in [-0.15, -0.1) is 6.58 Å². The van der Waals surface area contributed by atoms with Gasteiger partial charge in [-0.05, 0) is 6.42 Å². The minimum absolute atomic E-state index is 0.858. The standard InChI is InChI=1S/C9H16N2O/c1-2-4-10-5-3-6-11(9-12)8-7-10/h2,9H,1,3-8H2. The molecule has 68 valence electrons. The lowest BCUT2D eigenvalue weighted by atomic mass is 10.4. The molecular formula is C9H16N2O. The van der Waals surface area contributed by atoms with Gasteiger partial charge < -0.3 is 4.90 Å². The van der Waals surface area contributed by atoms with Crippen LogP contribution in [0.2, 0.25) is 0 Å². The molecule has 0 radical (unpaired) electrons. The fourth-order valence-corrected chi connectivity index (χ4v) is 1.46. The van der Waals surface area contributed by atoms with Crippen molar-refractivity contribution in [1.29, 1.82) is 0 Å². The lowest BCUT2D eigenvalue weighted by molar-refractivity contribution is -0.118. The molecule has 0 aromatic carbocycles. The van der Waals surface area contributed by atoms with Gasteiger partial charge in [0.15, 0.2) is 0 Å². The van der Waals surface area contributed by atoms with Crippen LogP contribution in [0.25, 0.3) is 0 Å². The molecule has 0 aromatic rings. The molecule has 0 saturated carbocycles. The van der Waals surface area contributed by atoms with Gasteiger partial charge in [-0.1, -0.05) is 6.08 Å². The zero-order valence-electron chi connectivity index (χ0n) is 7.41. The van der Waals surface area contributed by atoms with Crippen molar-refractivity contribution in [3.8, 4) is 0 Å². The first kappa shape index (κ1) is 9.26. The quantitative estimate of drug-likeness (QED) is 0.448. The molecule has 0 unspecified atom stereocenters. The number of hydrogen-bond donors (Lipinski definition) is 0. The van der Waals surface area contributed by atoms with Gasteiger partial charge in [0, 0.05) is 32.7 Å². The topological polar surface area (TPSA) is 23.6 Å². The van der Waals surface area contributed by atoms with E-state index in [0.717, 1.165) is 45.6 Å². The normalized spacial score (nSPS) is 20.2. The fraction of sp³-hybridized carbons (Fsp3) is 0.667. The molecule has 1 aliphatic rings. The minimum atomic E-state index is 0.858. The Labute approximate surface area is 73.6 Å². The summed E-state index contributed by atoms with van der Waals surface area (Å²) in [5.41, 5.74) is 0. The molecule has 0 N–H and O–H groups in total. The lowest BCUT2D eigenvalue weighted by Crippen LogP contribution is -2.30. The van der Waals surface area contributed by atoms with Crippen molar-refractivity contribution in [2.24, 2.45) is 0 Å². The van der Waals surface area contributed by atoms with E-state index >= 15 is 0 Å². The van der Waals surface area contributed by atoms with Gasteiger partial charge in [0.25, 0.3) is 0 Å². The van der Waals surface area contributed by atoms with Gasteiger partial charge in [0.1, 0.15) is 0 Å². The van der Waals surface area contributed by atoms with Crippen LogP contribution >= 0.6 is 0 Å². The molecule has 0 atom stereocenters. The smallest absolute Gasteiger partial charge is 0.209 e. The van der Waals surface area contributed by atoms with Crippen molar-refractivity contribution in [3.05, 3.63) is 12.7 Å². The summed E-state index contributed by atoms with van der Waals surface area (Å²) in [6, 6.07) is 0. The Morgan fingerprint density at radius 2 is 2.08 bits per heavy atom. The molecule has 3 heteroatoms. The first-order chi connectivity index (χ1) is 5.86. The highest BCUT2D eigenvalue weighted by Crippen LogP contribution is 2.00. The van der Waals surface area contributed by atoms with E-state index in [-0.39, 0.29) is 0 Å². The second kappa shape index (κ2) is 4.93. The predicted octanol–water partition coefficient (Wildman–Crippen LogP) is 0.337. The average Bonchev–Trinajstić information content (AvgIpc) is 2.31. The fourth-order valence-electron chi connectivity index (χ4n) is 1.46. The van der Waals surface area contributed by atoms with Gasteiger partial charge in [0.2, 0.25) is 6.41 Å². The molecule has 12 heavy (non-hydrogen) atoms. The molecule has 1 rings (SSSR count). The minimum Gasteiger partial charge on any atom is -0.344 e. The van der Waals surface area contributed by atoms with Crippen molar-refractivity contribution < 1.29 is 4.79 Å². The predicted molar refractivity (Wildman–Crippen MR) is 48.9 cm³/mol. The van der Waals surface area contributed by atoms with E-state index in [1.165, 1.54) is 0 Å². The molecule has 1 heterocycles. The number of carbonyl (C=O) groups is 1. The SMILES string of the molecule is C=CCN1CCCN(C=O)CC1. The number of hydrogen-bond acceptors (Lipinski definition) is 2. The van der Waals surface area contributed by atoms with Crippen LogP contribution in [0.1, 0.15) is 6.42 Å². The van der Waals surface area contributed by atoms with Crippen molar-refractivity contribution in [2.45, 2.75) is 6.42 Å². The van der Waals surface area contributed by atoms with E-state index in [1.54, 1.807) is 0 Å². The van der Waals surface area contributed by atoms with E-state index < -0.39 is 0 Å². The van der Waals surface area contributed by atoms with Crippen LogP contribution in [0.3, 0.4) is 0 Å². The summed E-state index contributed by atoms with van der Waals surface area (Å²) in [6.07, 6.45) is 3.93. The molecule has 3 nitrogen and oxygen atoms in total. The van der Waals surface area contributed by atoms with Crippen LogP contribution in [0, 0.1) is 0 Å². The van der Waals surface area contributed by atoms with Crippen molar-refractivity contribution >= 4 is 6.41 Å². The van der Waals surface area contributed by atoms with Gasteiger partial charge in [-0.2, -0.15) is 0 Å². The highest BCUT2D eigenvalue weighted by atomic mass is 16.1. The average molecular weight is 168 g/mol. The highest BCUT2D eigenvalue weighted by molar-refractivity contribution is 5.46. The summed E-state index contributed by atoms with van der Waals surface area (Å²) < 4.78 is 0. The van der Waals surface area contributed by atoms with Crippen molar-refractivity contribution in [2.75, 3.05) is 32.7 Å². The second-order valence-corrected chi connectivity index (χ2v) is 3.08. The monoisotopic (exact) mass is 168 g/mol. The maximum Gasteiger partial charge on any atom is 0.209 e. The van der Waals surface area contributed by atoms with Crippen LogP contribution in [-0.2, 0) is 4.79 Å². The maximum absolute atomic E-state index is 10.5. The number of nitrogens with zero attached hydrogens (tertiary/aromatic N) is 2. The van der Waals surface area contributed by atoms with Gasteiger partial charge >= 0.3 is 0 Å². The van der Waals surface area contributed by atoms with Crippen LogP contribution < -0.4 is 0 Å². The molecule has 1 aliphatic heterocycles. The van der Waals surface area contributed by atoms with Crippen molar-refractivity contribution in [1.82, 2.24) is 9.80 Å². The van der Waals surface area contributed by atoms with Crippen LogP contribution in [0.4, 0.5) is 0 Å². The summed E-state index contributed by atoms with van der Waals surface area (Å²) >= 11 is 0. The Bertz CT molecular complexity index is 159. The maximum atomic E-state index is 10.5. The summed E-state index contributed by atoms with van der Waals surface area (Å²) in [5.74, 6) is 0. The first-order valence-corrected chi connectivity index (χ1v) is 4.39. The lowest BCUT2D eigenvalue weighted by Gasteiger charge is -2.17. The molecule has 0 aliphatic carbocycles. The summed E-state index contributed by atoms with van der Waals surface area (Å²) in [6.45, 7) is 8.45. The number of rotatable bonds is 3. The molecule has 1 saturated heterocycles. The van der Waals surface area contributed by atoms with E-state index in [4.69, 9.17) is 0 Å². The van der Waals surface area contributed by atoms with E-state index in [9.17, 15) is 4.79 Å². The Balaban J connectivity index is 2.33. The third-order valence-corrected chi connectivity index (χ3v) is 2.16. The van der Waals surface area contributed by atoms with Crippen LogP contribution in [0.15, 0.2) is 12.7 Å². The van der Waals surface area contributed by atoms with Gasteiger partial charge in [0.05, 0.1) is 0 Å². The van der Waals surface area contributed by atoms with Gasteiger partial charge in [-0.3, -0.25) is 9.69 Å². The Morgan fingerprint density at radius 1 is 1.25 bits per heavy atom. The summed E-state index contributed by atoms with van der Waals surface area (Å²) in [5, 5.41) is 0. The summed E-state index contributed by atoms with van der Waals surface area (Å²) in [7, 11) is 0. The zero-order valence-corrected chi connectivity index (χ0v) is 7.41. The highest BCUT2D eigenvalue weighted by Gasteiger charge is 2.11. The first-order valence-electron chi connectivity index (χ1n) is 4.39. The molecule has 0 aromatic heterocycles. The Hall–Kier alpha value is -0.830. The Morgan fingerprint density at radius 3 is 2.75 bits per heavy atom. The third-order valence-electron chi connectivity index (χ3n) is 2.16. The summed E-state index contributed by atoms with van der Waals surface area (Å²) in [4.78, 5) is 14.6. The molecule has 1 amide bonds. The molecule has 0 bridgehead atoms. The molecule has 0 spiro atoms. The molecule has 1 fully saturated rings. The molecular weight excluding hydrogens is 152 g/mol. The number of amides is 1. The third kappa shape index (κ3) is 2.66. The van der Waals surface area contributed by atoms with Gasteiger partial charge in [-0.25, -0.2) is 0 Å². The Kier molecular flexibility index (Phi) is 3.80. The van der Waals surface area contributed by atoms with Crippen molar-refractivity contribution in [3.63, 3.8) is 0 Å². The van der Waals surface area contributed by atoms with E-state index in [1.807, 2.05) is 11.0 Å².